The Morgan fingerprint density at radius 2 is 2.54 bits per heavy atom. The number of aliphatic hydroxyl groups excluding tert-OH is 1. The third kappa shape index (κ3) is 4.04. The van der Waals surface area contributed by atoms with E-state index in [0.717, 1.165) is 26.2 Å². The van der Waals surface area contributed by atoms with E-state index in [0.29, 0.717) is 12.5 Å². The van der Waals surface area contributed by atoms with Crippen LogP contribution >= 0.6 is 0 Å². The first-order valence-corrected chi connectivity index (χ1v) is 4.77. The Balaban J connectivity index is 2.07. The summed E-state index contributed by atoms with van der Waals surface area (Å²) in [5.74, 6) is 0.603. The first kappa shape index (κ1) is 10.9. The van der Waals surface area contributed by atoms with E-state index in [1.54, 1.807) is 7.11 Å². The number of aliphatic hydroxyl groups is 1. The molecule has 0 aromatic rings. The molecule has 0 radical (unpaired) electrons. The Bertz CT molecular complexity index is 126. The van der Waals surface area contributed by atoms with Gasteiger partial charge >= 0.3 is 0 Å². The molecule has 1 fully saturated rings. The average Bonchev–Trinajstić information content (AvgIpc) is 2.64. The van der Waals surface area contributed by atoms with Gasteiger partial charge < -0.3 is 19.9 Å². The number of nitrogens with one attached hydrogen (secondary N) is 1. The van der Waals surface area contributed by atoms with E-state index in [2.05, 4.69) is 5.32 Å². The van der Waals surface area contributed by atoms with E-state index < -0.39 is 0 Å². The minimum atomic E-state index is 0.0607. The maximum atomic E-state index is 8.96. The molecule has 4 heteroatoms. The van der Waals surface area contributed by atoms with Crippen molar-refractivity contribution in [3.05, 3.63) is 0 Å². The molecule has 0 aromatic carbocycles. The molecule has 0 bridgehead atoms. The van der Waals surface area contributed by atoms with Crippen LogP contribution in [0.15, 0.2) is 0 Å². The number of hydrogen-bond acceptors (Lipinski definition) is 4. The minimum absolute atomic E-state index is 0.0607. The van der Waals surface area contributed by atoms with Crippen molar-refractivity contribution in [2.45, 2.75) is 12.5 Å². The maximum Gasteiger partial charge on any atom is 0.0638 e. The Morgan fingerprint density at radius 3 is 3.08 bits per heavy atom. The topological polar surface area (TPSA) is 50.7 Å². The third-order valence-electron chi connectivity index (χ3n) is 2.31. The van der Waals surface area contributed by atoms with Crippen molar-refractivity contribution >= 4 is 0 Å². The van der Waals surface area contributed by atoms with Gasteiger partial charge in [0.05, 0.1) is 25.9 Å². The second-order valence-corrected chi connectivity index (χ2v) is 3.47. The van der Waals surface area contributed by atoms with E-state index in [4.69, 9.17) is 14.6 Å². The molecule has 0 aromatic heterocycles. The van der Waals surface area contributed by atoms with Gasteiger partial charge in [0.15, 0.2) is 0 Å². The van der Waals surface area contributed by atoms with E-state index in [1.807, 2.05) is 0 Å². The highest BCUT2D eigenvalue weighted by molar-refractivity contribution is 4.71. The Morgan fingerprint density at radius 1 is 1.69 bits per heavy atom. The first-order chi connectivity index (χ1) is 6.36. The van der Waals surface area contributed by atoms with Crippen LogP contribution < -0.4 is 5.32 Å². The molecule has 4 nitrogen and oxygen atoms in total. The summed E-state index contributed by atoms with van der Waals surface area (Å²) >= 11 is 0. The molecule has 2 N–H and O–H groups in total. The largest absolute Gasteiger partial charge is 0.395 e. The SMILES string of the molecule is COCC(CO)NCC1CCOC1. The molecule has 1 aliphatic rings. The highest BCUT2D eigenvalue weighted by atomic mass is 16.5. The van der Waals surface area contributed by atoms with E-state index in [-0.39, 0.29) is 12.6 Å². The molecular formula is C9H19NO3. The zero-order valence-electron chi connectivity index (χ0n) is 8.16. The van der Waals surface area contributed by atoms with Crippen LogP contribution in [-0.2, 0) is 9.47 Å². The van der Waals surface area contributed by atoms with Gasteiger partial charge in [-0.25, -0.2) is 0 Å². The standard InChI is InChI=1S/C9H19NO3/c1-12-7-9(5-11)10-4-8-2-3-13-6-8/h8-11H,2-7H2,1H3. The van der Waals surface area contributed by atoms with Crippen LogP contribution in [0.2, 0.25) is 0 Å². The molecule has 1 heterocycles. The van der Waals surface area contributed by atoms with Gasteiger partial charge in [-0.15, -0.1) is 0 Å². The smallest absolute Gasteiger partial charge is 0.0638 e. The van der Waals surface area contributed by atoms with Crippen molar-refractivity contribution in [1.82, 2.24) is 5.32 Å². The van der Waals surface area contributed by atoms with Crippen molar-refractivity contribution < 1.29 is 14.6 Å². The molecule has 0 aliphatic carbocycles. The van der Waals surface area contributed by atoms with Crippen LogP contribution in [0.25, 0.3) is 0 Å². The Labute approximate surface area is 79.2 Å². The molecule has 13 heavy (non-hydrogen) atoms. The van der Waals surface area contributed by atoms with Crippen molar-refractivity contribution in [3.63, 3.8) is 0 Å². The fraction of sp³-hybridized carbons (Fsp3) is 1.00. The van der Waals surface area contributed by atoms with E-state index in [9.17, 15) is 0 Å². The number of methoxy groups -OCH3 is 1. The van der Waals surface area contributed by atoms with Crippen LogP contribution in [-0.4, -0.2) is 51.2 Å². The molecule has 2 unspecified atom stereocenters. The summed E-state index contributed by atoms with van der Waals surface area (Å²) in [6.07, 6.45) is 1.12. The molecule has 0 amide bonds. The van der Waals surface area contributed by atoms with Crippen molar-refractivity contribution in [1.29, 1.82) is 0 Å². The molecule has 1 aliphatic heterocycles. The van der Waals surface area contributed by atoms with Crippen molar-refractivity contribution in [3.8, 4) is 0 Å². The monoisotopic (exact) mass is 189 g/mol. The summed E-state index contributed by atoms with van der Waals surface area (Å²) in [4.78, 5) is 0. The lowest BCUT2D eigenvalue weighted by Crippen LogP contribution is -2.39. The molecule has 1 saturated heterocycles. The normalized spacial score (nSPS) is 24.9. The van der Waals surface area contributed by atoms with Crippen LogP contribution in [0.3, 0.4) is 0 Å². The summed E-state index contributed by atoms with van der Waals surface area (Å²) in [6, 6.07) is 0.0607. The number of rotatable bonds is 6. The molecular weight excluding hydrogens is 170 g/mol. The van der Waals surface area contributed by atoms with Gasteiger partial charge in [-0.2, -0.15) is 0 Å². The van der Waals surface area contributed by atoms with Gasteiger partial charge in [0.1, 0.15) is 0 Å². The van der Waals surface area contributed by atoms with Gasteiger partial charge in [0, 0.05) is 20.3 Å². The predicted molar refractivity (Wildman–Crippen MR) is 49.7 cm³/mol. The summed E-state index contributed by atoms with van der Waals surface area (Å²) in [6.45, 7) is 3.32. The van der Waals surface area contributed by atoms with Crippen molar-refractivity contribution in [2.75, 3.05) is 40.1 Å². The van der Waals surface area contributed by atoms with Crippen molar-refractivity contribution in [2.24, 2.45) is 5.92 Å². The number of ether oxygens (including phenoxy) is 2. The minimum Gasteiger partial charge on any atom is -0.395 e. The molecule has 78 valence electrons. The lowest BCUT2D eigenvalue weighted by molar-refractivity contribution is 0.124. The van der Waals surface area contributed by atoms with Gasteiger partial charge in [0.2, 0.25) is 0 Å². The second-order valence-electron chi connectivity index (χ2n) is 3.47. The maximum absolute atomic E-state index is 8.96. The fourth-order valence-corrected chi connectivity index (χ4v) is 1.46. The molecule has 0 spiro atoms. The van der Waals surface area contributed by atoms with Crippen LogP contribution in [0.5, 0.6) is 0 Å². The van der Waals surface area contributed by atoms with Gasteiger partial charge in [-0.1, -0.05) is 0 Å². The summed E-state index contributed by atoms with van der Waals surface area (Å²) in [5.41, 5.74) is 0. The summed E-state index contributed by atoms with van der Waals surface area (Å²) in [7, 11) is 1.64. The molecule has 2 atom stereocenters. The van der Waals surface area contributed by atoms with E-state index >= 15 is 0 Å². The Hall–Kier alpha value is -0.160. The van der Waals surface area contributed by atoms with E-state index in [1.165, 1.54) is 0 Å². The van der Waals surface area contributed by atoms with Crippen LogP contribution in [0.4, 0.5) is 0 Å². The van der Waals surface area contributed by atoms with Gasteiger partial charge in [-0.3, -0.25) is 0 Å². The Kier molecular flexibility index (Phi) is 5.31. The predicted octanol–water partition coefficient (Wildman–Crippen LogP) is -0.380. The van der Waals surface area contributed by atoms with Crippen LogP contribution in [0.1, 0.15) is 6.42 Å². The highest BCUT2D eigenvalue weighted by Gasteiger charge is 2.16. The lowest BCUT2D eigenvalue weighted by Gasteiger charge is -2.17. The van der Waals surface area contributed by atoms with Gasteiger partial charge in [0.25, 0.3) is 0 Å². The number of hydrogen-bond donors (Lipinski definition) is 2. The highest BCUT2D eigenvalue weighted by Crippen LogP contribution is 2.10. The summed E-state index contributed by atoms with van der Waals surface area (Å²) < 4.78 is 10.2. The van der Waals surface area contributed by atoms with Crippen LogP contribution in [0, 0.1) is 5.92 Å². The second kappa shape index (κ2) is 6.32. The average molecular weight is 189 g/mol. The third-order valence-corrected chi connectivity index (χ3v) is 2.31. The zero-order valence-corrected chi connectivity index (χ0v) is 8.16. The zero-order chi connectivity index (χ0) is 9.52. The first-order valence-electron chi connectivity index (χ1n) is 4.77. The quantitative estimate of drug-likeness (QED) is 0.598. The lowest BCUT2D eigenvalue weighted by atomic mass is 10.1. The fourth-order valence-electron chi connectivity index (χ4n) is 1.46. The van der Waals surface area contributed by atoms with Gasteiger partial charge in [-0.05, 0) is 12.3 Å². The molecule has 0 saturated carbocycles. The molecule has 1 rings (SSSR count). The summed E-state index contributed by atoms with van der Waals surface area (Å²) in [5, 5.41) is 12.2.